The van der Waals surface area contributed by atoms with E-state index in [2.05, 4.69) is 45.1 Å². The zero-order chi connectivity index (χ0) is 57.1. The third kappa shape index (κ3) is 66.6. The molecule has 0 bridgehead atoms. The molecule has 0 saturated carbocycles. The molecule has 0 aliphatic carbocycles. The van der Waals surface area contributed by atoms with Gasteiger partial charge in [0.25, 0.3) is 0 Å². The van der Waals surface area contributed by atoms with Crippen molar-refractivity contribution in [3.05, 3.63) is 24.3 Å². The van der Waals surface area contributed by atoms with Gasteiger partial charge in [0.05, 0.1) is 0 Å². The molecule has 1 unspecified atom stereocenters. The summed E-state index contributed by atoms with van der Waals surface area (Å²) in [5.41, 5.74) is 0. The number of hydrogen-bond donors (Lipinski definition) is 0. The van der Waals surface area contributed by atoms with Crippen molar-refractivity contribution in [2.45, 2.75) is 412 Å². The minimum absolute atomic E-state index is 0.0724. The van der Waals surface area contributed by atoms with Crippen LogP contribution in [0.15, 0.2) is 24.3 Å². The fraction of sp³-hybridized carbons (Fsp3) is 0.904. The molecule has 0 amide bonds. The van der Waals surface area contributed by atoms with Gasteiger partial charge in [-0.25, -0.2) is 0 Å². The molecule has 0 N–H and O–H groups in total. The Morgan fingerprint density at radius 3 is 0.633 bits per heavy atom. The summed E-state index contributed by atoms with van der Waals surface area (Å²) in [7, 11) is 0. The number of hydrogen-bond acceptors (Lipinski definition) is 6. The molecular formula is C73H138O6. The maximum Gasteiger partial charge on any atom is 0.306 e. The summed E-state index contributed by atoms with van der Waals surface area (Å²) in [4.78, 5) is 38.3. The molecular weight excluding hydrogens is 973 g/mol. The van der Waals surface area contributed by atoms with Gasteiger partial charge in [-0.1, -0.05) is 340 Å². The van der Waals surface area contributed by atoms with Gasteiger partial charge in [0.2, 0.25) is 0 Å². The lowest BCUT2D eigenvalue weighted by molar-refractivity contribution is -0.167. The second-order valence-electron chi connectivity index (χ2n) is 24.5. The molecule has 0 aromatic carbocycles. The molecule has 0 aromatic heterocycles. The van der Waals surface area contributed by atoms with E-state index >= 15 is 0 Å². The third-order valence-corrected chi connectivity index (χ3v) is 16.4. The van der Waals surface area contributed by atoms with E-state index in [9.17, 15) is 14.4 Å². The Balaban J connectivity index is 4.06. The Labute approximate surface area is 493 Å². The van der Waals surface area contributed by atoms with Crippen LogP contribution in [0.4, 0.5) is 0 Å². The molecule has 466 valence electrons. The van der Waals surface area contributed by atoms with E-state index in [1.165, 1.54) is 295 Å². The van der Waals surface area contributed by atoms with Crippen LogP contribution in [-0.2, 0) is 28.6 Å². The molecule has 0 radical (unpaired) electrons. The van der Waals surface area contributed by atoms with Crippen LogP contribution in [0.1, 0.15) is 406 Å². The quantitative estimate of drug-likeness (QED) is 0.0261. The van der Waals surface area contributed by atoms with Crippen LogP contribution in [0.5, 0.6) is 0 Å². The molecule has 0 spiro atoms. The zero-order valence-corrected chi connectivity index (χ0v) is 53.7. The van der Waals surface area contributed by atoms with E-state index in [0.29, 0.717) is 19.3 Å². The van der Waals surface area contributed by atoms with Gasteiger partial charge >= 0.3 is 17.9 Å². The van der Waals surface area contributed by atoms with Crippen LogP contribution in [-0.4, -0.2) is 37.2 Å². The molecule has 0 aliphatic heterocycles. The molecule has 0 fully saturated rings. The van der Waals surface area contributed by atoms with Crippen LogP contribution in [0.2, 0.25) is 0 Å². The first-order chi connectivity index (χ1) is 39.0. The van der Waals surface area contributed by atoms with E-state index in [1.54, 1.807) is 0 Å². The second kappa shape index (κ2) is 68.4. The summed E-state index contributed by atoms with van der Waals surface area (Å²) < 4.78 is 16.9. The molecule has 0 aromatic rings. The number of unbranched alkanes of at least 4 members (excludes halogenated alkanes) is 52. The number of carbonyl (C=O) groups is 3. The highest BCUT2D eigenvalue weighted by atomic mass is 16.6. The Bertz CT molecular complexity index is 1270. The van der Waals surface area contributed by atoms with E-state index in [1.807, 2.05) is 0 Å². The Kier molecular flexibility index (Phi) is 66.6. The van der Waals surface area contributed by atoms with Crippen molar-refractivity contribution >= 4 is 17.9 Å². The lowest BCUT2D eigenvalue weighted by Gasteiger charge is -2.18. The molecule has 0 heterocycles. The van der Waals surface area contributed by atoms with Crippen LogP contribution in [0.25, 0.3) is 0 Å². The largest absolute Gasteiger partial charge is 0.462 e. The number of esters is 3. The van der Waals surface area contributed by atoms with Crippen molar-refractivity contribution in [1.29, 1.82) is 0 Å². The van der Waals surface area contributed by atoms with Gasteiger partial charge < -0.3 is 14.2 Å². The number of ether oxygens (including phenoxy) is 3. The van der Waals surface area contributed by atoms with Gasteiger partial charge in [-0.15, -0.1) is 0 Å². The van der Waals surface area contributed by atoms with E-state index in [4.69, 9.17) is 14.2 Å². The van der Waals surface area contributed by atoms with Gasteiger partial charge in [0, 0.05) is 19.3 Å². The summed E-state index contributed by atoms with van der Waals surface area (Å²) in [5, 5.41) is 0. The number of rotatable bonds is 67. The third-order valence-electron chi connectivity index (χ3n) is 16.4. The molecule has 6 heteroatoms. The van der Waals surface area contributed by atoms with Crippen molar-refractivity contribution in [1.82, 2.24) is 0 Å². The maximum absolute atomic E-state index is 12.9. The highest BCUT2D eigenvalue weighted by Crippen LogP contribution is 2.19. The Hall–Kier alpha value is -2.11. The van der Waals surface area contributed by atoms with Crippen LogP contribution in [0, 0.1) is 0 Å². The van der Waals surface area contributed by atoms with Gasteiger partial charge in [-0.05, 0) is 70.6 Å². The highest BCUT2D eigenvalue weighted by Gasteiger charge is 2.19. The monoisotopic (exact) mass is 1110 g/mol. The molecule has 0 rings (SSSR count). The molecule has 0 saturated heterocycles. The molecule has 1 atom stereocenters. The molecule has 6 nitrogen and oxygen atoms in total. The van der Waals surface area contributed by atoms with Gasteiger partial charge in [-0.2, -0.15) is 0 Å². The summed E-state index contributed by atoms with van der Waals surface area (Å²) in [6, 6.07) is 0. The maximum atomic E-state index is 12.9. The fourth-order valence-electron chi connectivity index (χ4n) is 11.0. The summed E-state index contributed by atoms with van der Waals surface area (Å²) in [6.45, 7) is 6.68. The number of carbonyl (C=O) groups excluding carboxylic acids is 3. The van der Waals surface area contributed by atoms with Crippen molar-refractivity contribution in [2.75, 3.05) is 13.2 Å². The van der Waals surface area contributed by atoms with Crippen LogP contribution < -0.4 is 0 Å². The smallest absolute Gasteiger partial charge is 0.306 e. The van der Waals surface area contributed by atoms with Crippen molar-refractivity contribution in [3.8, 4) is 0 Å². The number of allylic oxidation sites excluding steroid dienone is 4. The standard InChI is InChI=1S/C73H138O6/c1-4-7-10-13-16-19-22-25-28-29-30-31-32-33-34-35-36-37-38-39-40-41-42-43-44-45-46-49-51-54-57-60-63-66-72(75)78-69-70(79-73(76)67-64-61-58-55-52-48-27-24-21-18-15-12-9-6-3)68-77-71(74)65-62-59-56-53-50-47-26-23-20-17-14-11-8-5-2/h23-24,26-27,70H,4-22,25,28-69H2,1-3H3/b26-23-,27-24-. The average Bonchev–Trinajstić information content (AvgIpc) is 3.45. The topological polar surface area (TPSA) is 78.9 Å². The second-order valence-corrected chi connectivity index (χ2v) is 24.5. The summed E-state index contributed by atoms with van der Waals surface area (Å²) >= 11 is 0. The highest BCUT2D eigenvalue weighted by molar-refractivity contribution is 5.71. The first kappa shape index (κ1) is 76.9. The first-order valence-electron chi connectivity index (χ1n) is 35.8. The Morgan fingerprint density at radius 1 is 0.241 bits per heavy atom. The van der Waals surface area contributed by atoms with Crippen LogP contribution >= 0.6 is 0 Å². The fourth-order valence-corrected chi connectivity index (χ4v) is 11.0. The molecule has 0 aliphatic rings. The SMILES string of the molecule is CCCCCCC/C=C\CCCCCCCC(=O)OCC(COC(=O)CCCCCCCCCCCCCCCCCCCCCCCCCCCCCCCCCCC)OC(=O)CCCCCCC/C=C\CCCCCCC. The Morgan fingerprint density at radius 2 is 0.418 bits per heavy atom. The van der Waals surface area contributed by atoms with Gasteiger partial charge in [-0.3, -0.25) is 14.4 Å². The van der Waals surface area contributed by atoms with Gasteiger partial charge in [0.15, 0.2) is 6.10 Å². The first-order valence-corrected chi connectivity index (χ1v) is 35.8. The van der Waals surface area contributed by atoms with E-state index in [0.717, 1.165) is 70.6 Å². The predicted octanol–water partition coefficient (Wildman–Crippen LogP) is 24.6. The minimum Gasteiger partial charge on any atom is -0.462 e. The zero-order valence-electron chi connectivity index (χ0n) is 53.7. The average molecular weight is 1110 g/mol. The predicted molar refractivity (Wildman–Crippen MR) is 344 cm³/mol. The molecule has 79 heavy (non-hydrogen) atoms. The van der Waals surface area contributed by atoms with Gasteiger partial charge in [0.1, 0.15) is 13.2 Å². The summed E-state index contributed by atoms with van der Waals surface area (Å²) in [6.07, 6.45) is 83.8. The van der Waals surface area contributed by atoms with Crippen LogP contribution in [0.3, 0.4) is 0 Å². The normalized spacial score (nSPS) is 12.1. The minimum atomic E-state index is -0.777. The van der Waals surface area contributed by atoms with E-state index in [-0.39, 0.29) is 31.1 Å². The van der Waals surface area contributed by atoms with Crippen molar-refractivity contribution in [2.24, 2.45) is 0 Å². The van der Waals surface area contributed by atoms with E-state index < -0.39 is 6.10 Å². The lowest BCUT2D eigenvalue weighted by atomic mass is 10.0. The van der Waals surface area contributed by atoms with Crippen molar-refractivity contribution in [3.63, 3.8) is 0 Å². The summed E-state index contributed by atoms with van der Waals surface area (Å²) in [5.74, 6) is -0.863. The lowest BCUT2D eigenvalue weighted by Crippen LogP contribution is -2.30. The van der Waals surface area contributed by atoms with Crippen molar-refractivity contribution < 1.29 is 28.6 Å².